The highest BCUT2D eigenvalue weighted by Crippen LogP contribution is 2.24. The van der Waals surface area contributed by atoms with E-state index >= 15 is 0 Å². The van der Waals surface area contributed by atoms with Crippen molar-refractivity contribution in [2.45, 2.75) is 39.2 Å². The Morgan fingerprint density at radius 2 is 2.00 bits per heavy atom. The van der Waals surface area contributed by atoms with Gasteiger partial charge >= 0.3 is 12.0 Å². The first-order valence-corrected chi connectivity index (χ1v) is 7.16. The first-order valence-electron chi connectivity index (χ1n) is 6.37. The van der Waals surface area contributed by atoms with Crippen LogP contribution in [0.4, 0.5) is 14.9 Å². The van der Waals surface area contributed by atoms with Crippen LogP contribution in [0.25, 0.3) is 0 Å². The average Bonchev–Trinajstić information content (AvgIpc) is 2.33. The lowest BCUT2D eigenvalue weighted by atomic mass is 9.99. The van der Waals surface area contributed by atoms with Gasteiger partial charge in [-0.3, -0.25) is 4.79 Å². The fraction of sp³-hybridized carbons (Fsp3) is 0.429. The molecule has 1 aromatic rings. The molecular formula is C14H18BrFN2O3. The van der Waals surface area contributed by atoms with Gasteiger partial charge in [0.1, 0.15) is 5.82 Å². The van der Waals surface area contributed by atoms with Crippen LogP contribution in [-0.2, 0) is 4.79 Å². The molecule has 21 heavy (non-hydrogen) atoms. The van der Waals surface area contributed by atoms with E-state index in [1.165, 1.54) is 6.07 Å². The van der Waals surface area contributed by atoms with Gasteiger partial charge in [0.2, 0.25) is 0 Å². The van der Waals surface area contributed by atoms with Gasteiger partial charge in [0.15, 0.2) is 0 Å². The zero-order chi connectivity index (χ0) is 16.2. The number of halogens is 2. The largest absolute Gasteiger partial charge is 0.481 e. The number of carbonyl (C=O) groups is 2. The van der Waals surface area contributed by atoms with E-state index in [9.17, 15) is 14.0 Å². The average molecular weight is 361 g/mol. The van der Waals surface area contributed by atoms with Gasteiger partial charge in [-0.2, -0.15) is 0 Å². The molecule has 2 amide bonds. The van der Waals surface area contributed by atoms with E-state index in [-0.39, 0.29) is 6.42 Å². The monoisotopic (exact) mass is 360 g/mol. The van der Waals surface area contributed by atoms with E-state index in [0.717, 1.165) is 0 Å². The summed E-state index contributed by atoms with van der Waals surface area (Å²) >= 11 is 3.07. The molecule has 5 nitrogen and oxygen atoms in total. The Morgan fingerprint density at radius 3 is 2.57 bits per heavy atom. The fourth-order valence-electron chi connectivity index (χ4n) is 1.72. The first-order chi connectivity index (χ1) is 9.60. The molecule has 0 aliphatic heterocycles. The number of aliphatic carboxylic acids is 1. The molecule has 0 bridgehead atoms. The number of hydrogen-bond donors (Lipinski definition) is 3. The summed E-state index contributed by atoms with van der Waals surface area (Å²) in [5.41, 5.74) is 0.397. The highest BCUT2D eigenvalue weighted by molar-refractivity contribution is 9.10. The SMILES string of the molecule is Cc1cc(Br)c(F)cc1NC(=O)NC(C)(C)CCC(=O)O. The summed E-state index contributed by atoms with van der Waals surface area (Å²) in [4.78, 5) is 22.5. The fourth-order valence-corrected chi connectivity index (χ4v) is 2.18. The lowest BCUT2D eigenvalue weighted by molar-refractivity contribution is -0.137. The van der Waals surface area contributed by atoms with Gasteiger partial charge < -0.3 is 15.7 Å². The van der Waals surface area contributed by atoms with Crippen molar-refractivity contribution < 1.29 is 19.1 Å². The Labute approximate surface area is 131 Å². The third-order valence-corrected chi connectivity index (χ3v) is 3.54. The molecule has 0 radical (unpaired) electrons. The van der Waals surface area contributed by atoms with E-state index in [1.807, 2.05) is 0 Å². The molecule has 0 spiro atoms. The molecule has 1 rings (SSSR count). The number of rotatable bonds is 5. The first kappa shape index (κ1) is 17.4. The predicted molar refractivity (Wildman–Crippen MR) is 81.9 cm³/mol. The van der Waals surface area contributed by atoms with E-state index in [1.54, 1.807) is 26.8 Å². The van der Waals surface area contributed by atoms with Crippen molar-refractivity contribution in [1.29, 1.82) is 0 Å². The van der Waals surface area contributed by atoms with Gasteiger partial charge in [-0.05, 0) is 60.8 Å². The normalized spacial score (nSPS) is 11.1. The smallest absolute Gasteiger partial charge is 0.319 e. The molecule has 3 N–H and O–H groups in total. The molecule has 0 aliphatic rings. The molecule has 0 unspecified atom stereocenters. The zero-order valence-corrected chi connectivity index (χ0v) is 13.7. The van der Waals surface area contributed by atoms with Gasteiger partial charge in [-0.25, -0.2) is 9.18 Å². The third-order valence-electron chi connectivity index (χ3n) is 2.93. The van der Waals surface area contributed by atoms with Crippen molar-refractivity contribution in [2.24, 2.45) is 0 Å². The minimum Gasteiger partial charge on any atom is -0.481 e. The van der Waals surface area contributed by atoms with Crippen molar-refractivity contribution in [3.05, 3.63) is 28.0 Å². The van der Waals surface area contributed by atoms with Crippen LogP contribution in [0.1, 0.15) is 32.3 Å². The van der Waals surface area contributed by atoms with Gasteiger partial charge in [0.25, 0.3) is 0 Å². The minimum absolute atomic E-state index is 0.0424. The lowest BCUT2D eigenvalue weighted by Crippen LogP contribution is -2.45. The Morgan fingerprint density at radius 1 is 1.38 bits per heavy atom. The molecule has 0 heterocycles. The van der Waals surface area contributed by atoms with E-state index < -0.39 is 23.4 Å². The maximum atomic E-state index is 13.5. The summed E-state index contributed by atoms with van der Waals surface area (Å²) in [6.45, 7) is 5.20. The second-order valence-electron chi connectivity index (χ2n) is 5.44. The van der Waals surface area contributed by atoms with Gasteiger partial charge in [-0.1, -0.05) is 0 Å². The molecule has 0 saturated heterocycles. The molecule has 7 heteroatoms. The highest BCUT2D eigenvalue weighted by atomic mass is 79.9. The summed E-state index contributed by atoms with van der Waals surface area (Å²) in [6.07, 6.45) is 0.253. The molecular weight excluding hydrogens is 343 g/mol. The number of aryl methyl sites for hydroxylation is 1. The topological polar surface area (TPSA) is 78.4 Å². The molecule has 0 fully saturated rings. The van der Waals surface area contributed by atoms with Crippen LogP contribution < -0.4 is 10.6 Å². The summed E-state index contributed by atoms with van der Waals surface area (Å²) in [7, 11) is 0. The van der Waals surface area contributed by atoms with Crippen LogP contribution in [0.3, 0.4) is 0 Å². The van der Waals surface area contributed by atoms with Crippen LogP contribution in [0.15, 0.2) is 16.6 Å². The van der Waals surface area contributed by atoms with Crippen LogP contribution >= 0.6 is 15.9 Å². The standard InChI is InChI=1S/C14H18BrFN2O3/c1-8-6-9(15)10(16)7-11(8)17-13(21)18-14(2,3)5-4-12(19)20/h6-7H,4-5H2,1-3H3,(H,19,20)(H2,17,18,21). The van der Waals surface area contributed by atoms with Gasteiger partial charge in [0.05, 0.1) is 4.47 Å². The molecule has 0 saturated carbocycles. The Kier molecular flexibility index (Phi) is 5.71. The number of carboxylic acid groups (broad SMARTS) is 1. The Bertz CT molecular complexity index is 561. The Balaban J connectivity index is 2.69. The maximum Gasteiger partial charge on any atom is 0.319 e. The van der Waals surface area contributed by atoms with Gasteiger partial charge in [-0.15, -0.1) is 0 Å². The molecule has 0 aromatic heterocycles. The molecule has 0 aliphatic carbocycles. The molecule has 1 aromatic carbocycles. The highest BCUT2D eigenvalue weighted by Gasteiger charge is 2.22. The number of amides is 2. The quantitative estimate of drug-likeness (QED) is 0.749. The number of anilines is 1. The number of nitrogens with one attached hydrogen (secondary N) is 2. The number of benzene rings is 1. The van der Waals surface area contributed by atoms with E-state index in [0.29, 0.717) is 22.1 Å². The van der Waals surface area contributed by atoms with Crippen molar-refractivity contribution >= 4 is 33.6 Å². The minimum atomic E-state index is -0.920. The van der Waals surface area contributed by atoms with E-state index in [2.05, 4.69) is 26.6 Å². The van der Waals surface area contributed by atoms with Crippen LogP contribution in [0.2, 0.25) is 0 Å². The van der Waals surface area contributed by atoms with Crippen molar-refractivity contribution in [1.82, 2.24) is 5.32 Å². The van der Waals surface area contributed by atoms with E-state index in [4.69, 9.17) is 5.11 Å². The number of hydrogen-bond acceptors (Lipinski definition) is 2. The van der Waals surface area contributed by atoms with Crippen molar-refractivity contribution in [2.75, 3.05) is 5.32 Å². The van der Waals surface area contributed by atoms with Gasteiger partial charge in [0, 0.05) is 17.6 Å². The number of carbonyl (C=O) groups excluding carboxylic acids is 1. The summed E-state index contributed by atoms with van der Waals surface area (Å²) in [5, 5.41) is 13.9. The molecule has 0 atom stereocenters. The van der Waals surface area contributed by atoms with Crippen LogP contribution in [0, 0.1) is 12.7 Å². The summed E-state index contributed by atoms with van der Waals surface area (Å²) < 4.78 is 13.8. The number of carboxylic acids is 1. The zero-order valence-electron chi connectivity index (χ0n) is 12.1. The van der Waals surface area contributed by atoms with Crippen molar-refractivity contribution in [3.8, 4) is 0 Å². The Hall–Kier alpha value is -1.63. The second-order valence-corrected chi connectivity index (χ2v) is 6.29. The van der Waals surface area contributed by atoms with Crippen LogP contribution in [0.5, 0.6) is 0 Å². The predicted octanol–water partition coefficient (Wildman–Crippen LogP) is 3.66. The third kappa shape index (κ3) is 5.71. The molecule has 116 valence electrons. The number of urea groups is 1. The van der Waals surface area contributed by atoms with Crippen molar-refractivity contribution in [3.63, 3.8) is 0 Å². The summed E-state index contributed by atoms with van der Waals surface area (Å²) in [5.74, 6) is -1.39. The second kappa shape index (κ2) is 6.89. The maximum absolute atomic E-state index is 13.5. The lowest BCUT2D eigenvalue weighted by Gasteiger charge is -2.26. The summed E-state index contributed by atoms with van der Waals surface area (Å²) in [6, 6.07) is 2.29. The van der Waals surface area contributed by atoms with Crippen LogP contribution in [-0.4, -0.2) is 22.6 Å².